The summed E-state index contributed by atoms with van der Waals surface area (Å²) in [6.07, 6.45) is 4.05. The van der Waals surface area contributed by atoms with Crippen LogP contribution in [0.25, 0.3) is 0 Å². The molecule has 1 saturated carbocycles. The largest absolute Gasteiger partial charge is 0.314 e. The van der Waals surface area contributed by atoms with Crippen molar-refractivity contribution in [1.29, 1.82) is 0 Å². The molecule has 0 aromatic heterocycles. The molecule has 0 spiro atoms. The third-order valence-electron chi connectivity index (χ3n) is 4.43. The highest BCUT2D eigenvalue weighted by Gasteiger charge is 2.33. The van der Waals surface area contributed by atoms with Gasteiger partial charge >= 0.3 is 0 Å². The number of nitrogens with zero attached hydrogens (tertiary/aromatic N) is 1. The molecule has 1 aliphatic carbocycles. The number of benzene rings is 1. The fraction of sp³-hybridized carbons (Fsp3) is 0.600. The predicted molar refractivity (Wildman–Crippen MR) is 95.5 cm³/mol. The minimum absolute atomic E-state index is 0. The maximum atomic E-state index is 6.20. The smallest absolute Gasteiger partial charge is 0.0595 e. The van der Waals surface area contributed by atoms with Gasteiger partial charge in [-0.3, -0.25) is 4.90 Å². The minimum atomic E-state index is 0. The van der Waals surface area contributed by atoms with Gasteiger partial charge in [0.15, 0.2) is 0 Å². The molecule has 0 amide bonds. The van der Waals surface area contributed by atoms with E-state index in [-0.39, 0.29) is 24.8 Å². The summed E-state index contributed by atoms with van der Waals surface area (Å²) in [5.41, 5.74) is 1.33. The maximum absolute atomic E-state index is 6.20. The summed E-state index contributed by atoms with van der Waals surface area (Å²) in [7, 11) is 0. The van der Waals surface area contributed by atoms with Crippen molar-refractivity contribution in [3.05, 3.63) is 33.8 Å². The highest BCUT2D eigenvalue weighted by molar-refractivity contribution is 6.42. The van der Waals surface area contributed by atoms with E-state index in [0.29, 0.717) is 16.1 Å². The monoisotopic (exact) mass is 370 g/mol. The molecule has 0 radical (unpaired) electrons. The summed E-state index contributed by atoms with van der Waals surface area (Å²) in [5.74, 6) is 0.787. The first-order valence-electron chi connectivity index (χ1n) is 7.15. The first-order valence-corrected chi connectivity index (χ1v) is 7.91. The van der Waals surface area contributed by atoms with Gasteiger partial charge in [-0.2, -0.15) is 0 Å². The first-order chi connectivity index (χ1) is 9.25. The van der Waals surface area contributed by atoms with E-state index in [2.05, 4.69) is 22.3 Å². The first kappa shape index (κ1) is 19.3. The lowest BCUT2D eigenvalue weighted by atomic mass is 9.76. The Hall–Kier alpha value is 0.300. The Labute approximate surface area is 149 Å². The summed E-state index contributed by atoms with van der Waals surface area (Å²) in [4.78, 5) is 2.61. The van der Waals surface area contributed by atoms with Crippen molar-refractivity contribution in [2.75, 3.05) is 26.2 Å². The molecule has 21 heavy (non-hydrogen) atoms. The van der Waals surface area contributed by atoms with Gasteiger partial charge in [0.1, 0.15) is 0 Å². The van der Waals surface area contributed by atoms with Crippen molar-refractivity contribution in [2.24, 2.45) is 5.92 Å². The Morgan fingerprint density at radius 2 is 1.71 bits per heavy atom. The van der Waals surface area contributed by atoms with E-state index in [9.17, 15) is 0 Å². The van der Waals surface area contributed by atoms with E-state index >= 15 is 0 Å². The van der Waals surface area contributed by atoms with Crippen molar-refractivity contribution in [1.82, 2.24) is 10.2 Å². The number of halogens is 4. The zero-order chi connectivity index (χ0) is 13.2. The molecular formula is C15H22Cl4N2. The van der Waals surface area contributed by atoms with Crippen LogP contribution in [0.5, 0.6) is 0 Å². The average molecular weight is 372 g/mol. The molecule has 0 bridgehead atoms. The Bertz CT molecular complexity index is 445. The van der Waals surface area contributed by atoms with E-state index < -0.39 is 0 Å². The summed E-state index contributed by atoms with van der Waals surface area (Å²) >= 11 is 12.2. The molecule has 1 N–H and O–H groups in total. The Balaban J connectivity index is 0.00000110. The highest BCUT2D eigenvalue weighted by Crippen LogP contribution is 2.42. The van der Waals surface area contributed by atoms with Gasteiger partial charge in [0.25, 0.3) is 0 Å². The molecule has 1 atom stereocenters. The molecule has 2 aliphatic rings. The number of rotatable bonds is 3. The van der Waals surface area contributed by atoms with Crippen LogP contribution in [0.1, 0.15) is 30.9 Å². The van der Waals surface area contributed by atoms with Crippen LogP contribution in [-0.2, 0) is 0 Å². The lowest BCUT2D eigenvalue weighted by molar-refractivity contribution is 0.0837. The quantitative estimate of drug-likeness (QED) is 0.836. The third kappa shape index (κ3) is 4.40. The van der Waals surface area contributed by atoms with Gasteiger partial charge in [-0.25, -0.2) is 0 Å². The Morgan fingerprint density at radius 1 is 1.05 bits per heavy atom. The molecule has 3 rings (SSSR count). The molecular weight excluding hydrogens is 350 g/mol. The van der Waals surface area contributed by atoms with Gasteiger partial charge in [-0.15, -0.1) is 24.8 Å². The molecule has 120 valence electrons. The average Bonchev–Trinajstić information content (AvgIpc) is 2.38. The predicted octanol–water partition coefficient (Wildman–Crippen LogP) is 4.58. The van der Waals surface area contributed by atoms with E-state index in [0.717, 1.165) is 32.1 Å². The van der Waals surface area contributed by atoms with Crippen LogP contribution in [0.3, 0.4) is 0 Å². The normalized spacial score (nSPS) is 20.9. The maximum Gasteiger partial charge on any atom is 0.0595 e. The molecule has 2 fully saturated rings. The standard InChI is InChI=1S/C15H20Cl2N2.2ClH/c16-13-5-4-12(10-14(13)17)15(11-2-1-3-11)19-8-6-18-7-9-19;;/h4-5,10-11,15,18H,1-3,6-9H2;2*1H/t15-;;/m0../s1. The van der Waals surface area contributed by atoms with Gasteiger partial charge in [-0.1, -0.05) is 35.7 Å². The second kappa shape index (κ2) is 8.81. The number of hydrogen-bond donors (Lipinski definition) is 1. The second-order valence-electron chi connectivity index (χ2n) is 5.60. The molecule has 0 unspecified atom stereocenters. The summed E-state index contributed by atoms with van der Waals surface area (Å²) in [5, 5.41) is 4.76. The van der Waals surface area contributed by atoms with Crippen LogP contribution >= 0.6 is 48.0 Å². The van der Waals surface area contributed by atoms with Crippen LogP contribution in [0.4, 0.5) is 0 Å². The van der Waals surface area contributed by atoms with E-state index in [4.69, 9.17) is 23.2 Å². The SMILES string of the molecule is Cl.Cl.Clc1ccc([C@H](C2CCC2)N2CCNCC2)cc1Cl. The fourth-order valence-corrected chi connectivity index (χ4v) is 3.50. The minimum Gasteiger partial charge on any atom is -0.314 e. The van der Waals surface area contributed by atoms with Crippen molar-refractivity contribution in [3.8, 4) is 0 Å². The van der Waals surface area contributed by atoms with Gasteiger partial charge < -0.3 is 5.32 Å². The second-order valence-corrected chi connectivity index (χ2v) is 6.41. The molecule has 1 aromatic rings. The van der Waals surface area contributed by atoms with E-state index in [1.807, 2.05) is 6.07 Å². The molecule has 6 heteroatoms. The summed E-state index contributed by atoms with van der Waals surface area (Å²) in [6, 6.07) is 6.67. The van der Waals surface area contributed by atoms with E-state index in [1.165, 1.54) is 24.8 Å². The highest BCUT2D eigenvalue weighted by atomic mass is 35.5. The molecule has 1 aliphatic heterocycles. The number of piperazine rings is 1. The zero-order valence-corrected chi connectivity index (χ0v) is 15.0. The molecule has 1 heterocycles. The van der Waals surface area contributed by atoms with Crippen LogP contribution in [-0.4, -0.2) is 31.1 Å². The lowest BCUT2D eigenvalue weighted by Crippen LogP contribution is -2.47. The van der Waals surface area contributed by atoms with Gasteiger partial charge in [0.2, 0.25) is 0 Å². The van der Waals surface area contributed by atoms with Crippen LogP contribution in [0.2, 0.25) is 10.0 Å². The van der Waals surface area contributed by atoms with Gasteiger partial charge in [0.05, 0.1) is 10.0 Å². The van der Waals surface area contributed by atoms with Gasteiger partial charge in [-0.05, 0) is 36.5 Å². The molecule has 2 nitrogen and oxygen atoms in total. The van der Waals surface area contributed by atoms with Crippen LogP contribution in [0, 0.1) is 5.92 Å². The van der Waals surface area contributed by atoms with E-state index in [1.54, 1.807) is 0 Å². The summed E-state index contributed by atoms with van der Waals surface area (Å²) in [6.45, 7) is 4.43. The van der Waals surface area contributed by atoms with Gasteiger partial charge in [0, 0.05) is 32.2 Å². The topological polar surface area (TPSA) is 15.3 Å². The molecule has 1 aromatic carbocycles. The summed E-state index contributed by atoms with van der Waals surface area (Å²) < 4.78 is 0. The fourth-order valence-electron chi connectivity index (χ4n) is 3.19. The lowest BCUT2D eigenvalue weighted by Gasteiger charge is -2.43. The zero-order valence-electron chi connectivity index (χ0n) is 11.9. The Morgan fingerprint density at radius 3 is 2.24 bits per heavy atom. The van der Waals surface area contributed by atoms with Crippen LogP contribution in [0.15, 0.2) is 18.2 Å². The Kier molecular flexibility index (Phi) is 8.11. The molecule has 1 saturated heterocycles. The van der Waals surface area contributed by atoms with Crippen molar-refractivity contribution in [3.63, 3.8) is 0 Å². The van der Waals surface area contributed by atoms with Crippen molar-refractivity contribution < 1.29 is 0 Å². The number of hydrogen-bond acceptors (Lipinski definition) is 2. The van der Waals surface area contributed by atoms with Crippen molar-refractivity contribution in [2.45, 2.75) is 25.3 Å². The van der Waals surface area contributed by atoms with Crippen LogP contribution < -0.4 is 5.32 Å². The van der Waals surface area contributed by atoms with Crippen molar-refractivity contribution >= 4 is 48.0 Å². The number of nitrogens with one attached hydrogen (secondary N) is 1. The third-order valence-corrected chi connectivity index (χ3v) is 5.17.